The van der Waals surface area contributed by atoms with Crippen molar-refractivity contribution >= 4 is 0 Å². The van der Waals surface area contributed by atoms with E-state index < -0.39 is 0 Å². The van der Waals surface area contributed by atoms with Crippen LogP contribution in [0.5, 0.6) is 11.5 Å². The predicted octanol–water partition coefficient (Wildman–Crippen LogP) is 2.21. The van der Waals surface area contributed by atoms with Crippen LogP contribution in [0.25, 0.3) is 0 Å². The Morgan fingerprint density at radius 1 is 1.50 bits per heavy atom. The van der Waals surface area contributed by atoms with E-state index in [-0.39, 0.29) is 26.7 Å². The van der Waals surface area contributed by atoms with Gasteiger partial charge in [0.1, 0.15) is 0 Å². The summed E-state index contributed by atoms with van der Waals surface area (Å²) < 4.78 is 11.0. The van der Waals surface area contributed by atoms with Crippen molar-refractivity contribution < 1.29 is 30.5 Å². The fourth-order valence-electron chi connectivity index (χ4n) is 1.65. The quantitative estimate of drug-likeness (QED) is 0.715. The van der Waals surface area contributed by atoms with E-state index in [1.165, 1.54) is 0 Å². The first-order chi connectivity index (χ1) is 6.12. The van der Waals surface area contributed by atoms with Gasteiger partial charge in [-0.05, 0) is 20.3 Å². The van der Waals surface area contributed by atoms with E-state index in [0.717, 1.165) is 23.5 Å². The van der Waals surface area contributed by atoms with E-state index in [4.69, 9.17) is 9.47 Å². The van der Waals surface area contributed by atoms with Gasteiger partial charge in [0.2, 0.25) is 0 Å². The van der Waals surface area contributed by atoms with Crippen molar-refractivity contribution in [2.75, 3.05) is 7.11 Å². The fourth-order valence-corrected chi connectivity index (χ4v) is 1.65. The Balaban J connectivity index is 0.000000980. The molecule has 0 saturated carbocycles. The van der Waals surface area contributed by atoms with Gasteiger partial charge in [0.05, 0.1) is 24.2 Å². The van der Waals surface area contributed by atoms with E-state index in [1.807, 2.05) is 12.1 Å². The topological polar surface area (TPSA) is 18.5 Å². The molecule has 0 amide bonds. The average Bonchev–Trinajstić information content (AvgIpc) is 2.37. The van der Waals surface area contributed by atoms with Gasteiger partial charge in [-0.1, -0.05) is 0 Å². The second-order valence-electron chi connectivity index (χ2n) is 3.89. The maximum absolute atomic E-state index is 5.76. The molecule has 1 heterocycles. The molecule has 3 heteroatoms. The number of benzene rings is 1. The molecule has 1 aliphatic rings. The van der Waals surface area contributed by atoms with Crippen molar-refractivity contribution in [3.8, 4) is 11.5 Å². The molecule has 1 aromatic carbocycles. The number of hydrogen-bond acceptors (Lipinski definition) is 2. The number of hydrogen-bond donors (Lipinski definition) is 0. The smallest absolute Gasteiger partial charge is 0.0899 e. The van der Waals surface area contributed by atoms with Gasteiger partial charge in [-0.25, -0.2) is 0 Å². The first-order valence-electron chi connectivity index (χ1n) is 4.39. The van der Waals surface area contributed by atoms with Gasteiger partial charge < -0.3 is 9.47 Å². The Morgan fingerprint density at radius 3 is 2.86 bits per heavy atom. The third kappa shape index (κ3) is 1.95. The van der Waals surface area contributed by atoms with Crippen molar-refractivity contribution in [1.82, 2.24) is 0 Å². The average molecular weight is 361 g/mol. The van der Waals surface area contributed by atoms with Crippen LogP contribution in [0, 0.1) is 6.07 Å². The van der Waals surface area contributed by atoms with Crippen LogP contribution in [0.15, 0.2) is 12.1 Å². The number of ether oxygens (including phenoxy) is 2. The summed E-state index contributed by atoms with van der Waals surface area (Å²) in [5.41, 5.74) is 0.998. The van der Waals surface area contributed by atoms with Gasteiger partial charge in [0.15, 0.2) is 0 Å². The summed E-state index contributed by atoms with van der Waals surface area (Å²) in [5, 5.41) is 0. The third-order valence-electron chi connectivity index (χ3n) is 2.19. The molecule has 0 saturated heterocycles. The second kappa shape index (κ2) is 3.94. The molecule has 0 aliphatic carbocycles. The predicted molar refractivity (Wildman–Crippen MR) is 50.2 cm³/mol. The van der Waals surface area contributed by atoms with Crippen molar-refractivity contribution in [3.63, 3.8) is 0 Å². The van der Waals surface area contributed by atoms with Gasteiger partial charge in [0, 0.05) is 21.1 Å². The van der Waals surface area contributed by atoms with Gasteiger partial charge in [0.25, 0.3) is 0 Å². The summed E-state index contributed by atoms with van der Waals surface area (Å²) in [5.74, 6) is 1.66. The second-order valence-corrected chi connectivity index (χ2v) is 3.89. The van der Waals surface area contributed by atoms with Crippen LogP contribution in [-0.4, -0.2) is 12.7 Å². The summed E-state index contributed by atoms with van der Waals surface area (Å²) in [7, 11) is 1.66. The Morgan fingerprint density at radius 2 is 2.21 bits per heavy atom. The molecular weight excluding hydrogens is 348 g/mol. The molecule has 2 rings (SSSR count). The van der Waals surface area contributed by atoms with Gasteiger partial charge in [-0.2, -0.15) is 12.1 Å². The molecule has 0 fully saturated rings. The van der Waals surface area contributed by atoms with Crippen molar-refractivity contribution in [2.45, 2.75) is 25.9 Å². The van der Waals surface area contributed by atoms with E-state index in [1.54, 1.807) is 7.11 Å². The van der Waals surface area contributed by atoms with E-state index in [9.17, 15) is 0 Å². The minimum Gasteiger partial charge on any atom is -0.542 e. The summed E-state index contributed by atoms with van der Waals surface area (Å²) in [6, 6.07) is 6.93. The molecule has 0 N–H and O–H groups in total. The standard InChI is InChI=1S/C11H13O2.W/c1-11(2)7-8-5-4-6-9(12-3)10(8)13-11;/h4,6H,7H2,1-3H3;/q-1;. The van der Waals surface area contributed by atoms with Crippen molar-refractivity contribution in [3.05, 3.63) is 23.8 Å². The molecule has 0 atom stereocenters. The normalized spacial score (nSPS) is 16.5. The van der Waals surface area contributed by atoms with Crippen LogP contribution in [-0.2, 0) is 27.5 Å². The molecule has 14 heavy (non-hydrogen) atoms. The van der Waals surface area contributed by atoms with E-state index in [0.29, 0.717) is 0 Å². The fraction of sp³-hybridized carbons (Fsp3) is 0.455. The minimum atomic E-state index is -0.118. The first-order valence-corrected chi connectivity index (χ1v) is 4.39. The van der Waals surface area contributed by atoms with Gasteiger partial charge >= 0.3 is 0 Å². The molecule has 0 aromatic heterocycles. The van der Waals surface area contributed by atoms with Gasteiger partial charge in [-0.15, -0.1) is 11.6 Å². The zero-order valence-corrected chi connectivity index (χ0v) is 11.5. The van der Waals surface area contributed by atoms with E-state index >= 15 is 0 Å². The van der Waals surface area contributed by atoms with Crippen molar-refractivity contribution in [2.24, 2.45) is 0 Å². The largest absolute Gasteiger partial charge is 0.542 e. The van der Waals surface area contributed by atoms with Crippen LogP contribution in [0.4, 0.5) is 0 Å². The zero-order chi connectivity index (χ0) is 9.47. The summed E-state index contributed by atoms with van der Waals surface area (Å²) in [6.45, 7) is 4.14. The third-order valence-corrected chi connectivity index (χ3v) is 2.19. The molecule has 2 nitrogen and oxygen atoms in total. The molecule has 76 valence electrons. The van der Waals surface area contributed by atoms with Crippen LogP contribution in [0.1, 0.15) is 19.4 Å². The molecule has 0 radical (unpaired) electrons. The number of fused-ring (bicyclic) bond motifs is 1. The van der Waals surface area contributed by atoms with Gasteiger partial charge in [-0.3, -0.25) is 0 Å². The molecule has 1 aromatic rings. The Bertz CT molecular complexity index is 334. The van der Waals surface area contributed by atoms with Crippen LogP contribution in [0.3, 0.4) is 0 Å². The zero-order valence-electron chi connectivity index (χ0n) is 8.59. The maximum atomic E-state index is 5.76. The van der Waals surface area contributed by atoms with Crippen molar-refractivity contribution in [1.29, 1.82) is 0 Å². The number of rotatable bonds is 1. The summed E-state index contributed by atoms with van der Waals surface area (Å²) in [6.07, 6.45) is 0.902. The summed E-state index contributed by atoms with van der Waals surface area (Å²) >= 11 is 0. The Hall–Kier alpha value is -0.492. The molecule has 0 spiro atoms. The first kappa shape index (κ1) is 11.6. The maximum Gasteiger partial charge on any atom is 0.0899 e. The summed E-state index contributed by atoms with van der Waals surface area (Å²) in [4.78, 5) is 0. The molecule has 0 bridgehead atoms. The monoisotopic (exact) mass is 361 g/mol. The molecular formula is C11H13O2W-. The molecule has 0 unspecified atom stereocenters. The SMILES string of the molecule is COc1cc[c-]c2c1OC(C)(C)C2.[W]. The number of methoxy groups -OCH3 is 1. The Kier molecular flexibility index (Phi) is 3.26. The van der Waals surface area contributed by atoms with Crippen LogP contribution in [0.2, 0.25) is 0 Å². The Labute approximate surface area is 98.9 Å². The minimum absolute atomic E-state index is 0. The van der Waals surface area contributed by atoms with Crippen LogP contribution < -0.4 is 9.47 Å². The van der Waals surface area contributed by atoms with Crippen LogP contribution >= 0.6 is 0 Å². The molecule has 1 aliphatic heterocycles. The van der Waals surface area contributed by atoms with E-state index in [2.05, 4.69) is 19.9 Å².